The van der Waals surface area contributed by atoms with Crippen LogP contribution in [0.5, 0.6) is 0 Å². The molecule has 1 aliphatic carbocycles. The van der Waals surface area contributed by atoms with Crippen molar-refractivity contribution in [2.24, 2.45) is 11.8 Å². The fourth-order valence-corrected chi connectivity index (χ4v) is 4.85. The lowest BCUT2D eigenvalue weighted by Gasteiger charge is -2.26. The summed E-state index contributed by atoms with van der Waals surface area (Å²) in [6.45, 7) is 3.63. The molecule has 1 saturated heterocycles. The Labute approximate surface area is 166 Å². The van der Waals surface area contributed by atoms with E-state index in [4.69, 9.17) is 0 Å². The molecule has 1 saturated carbocycles. The lowest BCUT2D eigenvalue weighted by atomic mass is 9.91. The van der Waals surface area contributed by atoms with Crippen molar-refractivity contribution in [2.45, 2.75) is 57.9 Å². The largest absolute Gasteiger partial charge is 0.361 e. The van der Waals surface area contributed by atoms with Gasteiger partial charge in [0.1, 0.15) is 6.04 Å². The molecule has 1 aromatic carbocycles. The molecule has 0 spiro atoms. The van der Waals surface area contributed by atoms with Gasteiger partial charge in [-0.05, 0) is 43.2 Å². The molecule has 2 N–H and O–H groups in total. The lowest BCUT2D eigenvalue weighted by molar-refractivity contribution is -0.137. The summed E-state index contributed by atoms with van der Waals surface area (Å²) in [5.41, 5.74) is 2.15. The van der Waals surface area contributed by atoms with E-state index in [0.717, 1.165) is 55.2 Å². The van der Waals surface area contributed by atoms with Crippen LogP contribution in [0.25, 0.3) is 10.9 Å². The van der Waals surface area contributed by atoms with Crippen LogP contribution in [0.15, 0.2) is 30.5 Å². The Morgan fingerprint density at radius 2 is 1.86 bits per heavy atom. The van der Waals surface area contributed by atoms with Gasteiger partial charge in [0.25, 0.3) is 0 Å². The molecule has 5 nitrogen and oxygen atoms in total. The third-order valence-corrected chi connectivity index (χ3v) is 6.65. The molecule has 2 aliphatic rings. The average molecular weight is 382 g/mol. The minimum atomic E-state index is -0.492. The second-order valence-corrected chi connectivity index (χ2v) is 8.49. The normalized spacial score (nSPS) is 19.8. The van der Waals surface area contributed by atoms with Crippen molar-refractivity contribution in [1.82, 2.24) is 15.2 Å². The van der Waals surface area contributed by atoms with Crippen LogP contribution >= 0.6 is 0 Å². The Bertz CT molecular complexity index is 831. The van der Waals surface area contributed by atoms with Crippen molar-refractivity contribution >= 4 is 22.7 Å². The van der Waals surface area contributed by atoms with Gasteiger partial charge in [-0.25, -0.2) is 0 Å². The number of carbonyl (C=O) groups excluding carboxylic acids is 2. The van der Waals surface area contributed by atoms with Crippen molar-refractivity contribution in [3.8, 4) is 0 Å². The summed E-state index contributed by atoms with van der Waals surface area (Å²) in [7, 11) is 0. The van der Waals surface area contributed by atoms with Crippen molar-refractivity contribution in [3.63, 3.8) is 0 Å². The van der Waals surface area contributed by atoms with Gasteiger partial charge in [-0.15, -0.1) is 0 Å². The lowest BCUT2D eigenvalue weighted by Crippen LogP contribution is -2.50. The van der Waals surface area contributed by atoms with Gasteiger partial charge in [-0.2, -0.15) is 0 Å². The number of nitrogens with one attached hydrogen (secondary N) is 2. The molecule has 1 aliphatic heterocycles. The number of fused-ring (bicyclic) bond motifs is 1. The summed E-state index contributed by atoms with van der Waals surface area (Å²) in [5.74, 6) is 0.522. The first-order valence-corrected chi connectivity index (χ1v) is 10.8. The van der Waals surface area contributed by atoms with E-state index in [2.05, 4.69) is 16.4 Å². The van der Waals surface area contributed by atoms with Crippen molar-refractivity contribution in [2.75, 3.05) is 13.1 Å². The number of nitrogens with zero attached hydrogens (tertiary/aromatic N) is 1. The molecule has 4 rings (SSSR count). The number of likely N-dealkylation sites (tertiary alicyclic amines) is 1. The van der Waals surface area contributed by atoms with Crippen LogP contribution in [0, 0.1) is 11.8 Å². The van der Waals surface area contributed by atoms with Crippen LogP contribution in [0.2, 0.25) is 0 Å². The van der Waals surface area contributed by atoms with Gasteiger partial charge in [0, 0.05) is 42.5 Å². The number of aromatic amines is 1. The average Bonchev–Trinajstić information content (AvgIpc) is 3.48. The maximum absolute atomic E-state index is 13.2. The maximum Gasteiger partial charge on any atom is 0.245 e. The standard InChI is InChI=1S/C23H31N3O2/c1-16(17-8-2-3-9-17)22(27)25-21(23(28)26-12-6-7-13-26)14-18-15-24-20-11-5-4-10-19(18)20/h4-5,10-11,15-17,21,24H,2-3,6-9,12-14H2,1H3,(H,25,27). The predicted molar refractivity (Wildman–Crippen MR) is 111 cm³/mol. The molecule has 2 aromatic rings. The van der Waals surface area contributed by atoms with E-state index in [0.29, 0.717) is 12.3 Å². The van der Waals surface area contributed by atoms with Crippen molar-refractivity contribution in [1.29, 1.82) is 0 Å². The van der Waals surface area contributed by atoms with Crippen molar-refractivity contribution < 1.29 is 9.59 Å². The number of carbonyl (C=O) groups is 2. The zero-order chi connectivity index (χ0) is 19.5. The summed E-state index contributed by atoms with van der Waals surface area (Å²) < 4.78 is 0. The Kier molecular flexibility index (Phi) is 5.69. The second-order valence-electron chi connectivity index (χ2n) is 8.49. The molecule has 28 heavy (non-hydrogen) atoms. The number of aromatic nitrogens is 1. The summed E-state index contributed by atoms with van der Waals surface area (Å²) >= 11 is 0. The van der Waals surface area contributed by atoms with Crippen LogP contribution in [0.4, 0.5) is 0 Å². The minimum absolute atomic E-state index is 0.0284. The highest BCUT2D eigenvalue weighted by molar-refractivity contribution is 5.90. The quantitative estimate of drug-likeness (QED) is 0.802. The fourth-order valence-electron chi connectivity index (χ4n) is 4.85. The molecule has 2 amide bonds. The molecule has 5 heteroatoms. The van der Waals surface area contributed by atoms with Gasteiger partial charge in [-0.3, -0.25) is 9.59 Å². The Morgan fingerprint density at radius 1 is 1.14 bits per heavy atom. The topological polar surface area (TPSA) is 65.2 Å². The van der Waals surface area contributed by atoms with E-state index in [1.807, 2.05) is 36.2 Å². The molecule has 2 unspecified atom stereocenters. The highest BCUT2D eigenvalue weighted by Gasteiger charge is 2.32. The van der Waals surface area contributed by atoms with E-state index in [-0.39, 0.29) is 17.7 Å². The monoisotopic (exact) mass is 381 g/mol. The highest BCUT2D eigenvalue weighted by atomic mass is 16.2. The predicted octanol–water partition coefficient (Wildman–Crippen LogP) is 3.64. The Morgan fingerprint density at radius 3 is 2.61 bits per heavy atom. The smallest absolute Gasteiger partial charge is 0.245 e. The highest BCUT2D eigenvalue weighted by Crippen LogP contribution is 2.31. The third-order valence-electron chi connectivity index (χ3n) is 6.65. The number of rotatable bonds is 6. The van der Waals surface area contributed by atoms with Gasteiger partial charge in [0.15, 0.2) is 0 Å². The SMILES string of the molecule is CC(C(=O)NC(Cc1c[nH]c2ccccc12)C(=O)N1CCCC1)C1CCCC1. The van der Waals surface area contributed by atoms with Gasteiger partial charge in [0.2, 0.25) is 11.8 Å². The maximum atomic E-state index is 13.2. The summed E-state index contributed by atoms with van der Waals surface area (Å²) in [6, 6.07) is 7.63. The van der Waals surface area contributed by atoms with Crippen LogP contribution in [-0.4, -0.2) is 40.8 Å². The van der Waals surface area contributed by atoms with Crippen LogP contribution in [0.3, 0.4) is 0 Å². The Hall–Kier alpha value is -2.30. The third kappa shape index (κ3) is 3.94. The number of benzene rings is 1. The zero-order valence-corrected chi connectivity index (χ0v) is 16.7. The van der Waals surface area contributed by atoms with E-state index in [1.54, 1.807) is 0 Å². The first-order valence-electron chi connectivity index (χ1n) is 10.8. The molecule has 1 aromatic heterocycles. The summed E-state index contributed by atoms with van der Waals surface area (Å²) in [5, 5.41) is 4.25. The molecular weight excluding hydrogens is 350 g/mol. The van der Waals surface area contributed by atoms with E-state index in [1.165, 1.54) is 12.8 Å². The first-order chi connectivity index (χ1) is 13.6. The number of hydrogen-bond acceptors (Lipinski definition) is 2. The van der Waals surface area contributed by atoms with Crippen LogP contribution in [-0.2, 0) is 16.0 Å². The van der Waals surface area contributed by atoms with Gasteiger partial charge >= 0.3 is 0 Å². The van der Waals surface area contributed by atoms with E-state index < -0.39 is 6.04 Å². The zero-order valence-electron chi connectivity index (χ0n) is 16.7. The molecule has 150 valence electrons. The molecule has 2 heterocycles. The summed E-state index contributed by atoms with van der Waals surface area (Å²) in [4.78, 5) is 31.4. The van der Waals surface area contributed by atoms with Crippen LogP contribution in [0.1, 0.15) is 51.0 Å². The minimum Gasteiger partial charge on any atom is -0.361 e. The first kappa shape index (κ1) is 19.0. The number of H-pyrrole nitrogens is 1. The fraction of sp³-hybridized carbons (Fsp3) is 0.565. The molecule has 2 fully saturated rings. The summed E-state index contributed by atoms with van der Waals surface area (Å²) in [6.07, 6.45) is 9.30. The van der Waals surface area contributed by atoms with E-state index >= 15 is 0 Å². The van der Waals surface area contributed by atoms with Crippen LogP contribution < -0.4 is 5.32 Å². The molecule has 0 bridgehead atoms. The van der Waals surface area contributed by atoms with Gasteiger partial charge in [-0.1, -0.05) is 38.0 Å². The number of para-hydroxylation sites is 1. The number of amides is 2. The van der Waals surface area contributed by atoms with Crippen molar-refractivity contribution in [3.05, 3.63) is 36.0 Å². The van der Waals surface area contributed by atoms with Gasteiger partial charge < -0.3 is 15.2 Å². The van der Waals surface area contributed by atoms with E-state index in [9.17, 15) is 9.59 Å². The van der Waals surface area contributed by atoms with Gasteiger partial charge in [0.05, 0.1) is 0 Å². The Balaban J connectivity index is 1.53. The number of hydrogen-bond donors (Lipinski definition) is 2. The molecule has 0 radical (unpaired) electrons. The molecular formula is C23H31N3O2. The molecule has 2 atom stereocenters. The second kappa shape index (κ2) is 8.38.